The summed E-state index contributed by atoms with van der Waals surface area (Å²) >= 11 is 1.15. The van der Waals surface area contributed by atoms with E-state index in [2.05, 4.69) is 15.1 Å². The summed E-state index contributed by atoms with van der Waals surface area (Å²) in [5.41, 5.74) is 0.451. The number of hydrogen-bond donors (Lipinski definition) is 0. The Labute approximate surface area is 184 Å². The first-order chi connectivity index (χ1) is 15.5. The van der Waals surface area contributed by atoms with Gasteiger partial charge in [0.2, 0.25) is 5.82 Å². The van der Waals surface area contributed by atoms with Crippen molar-refractivity contribution in [1.82, 2.24) is 19.7 Å². The van der Waals surface area contributed by atoms with E-state index in [4.69, 9.17) is 14.0 Å². The number of esters is 1. The van der Waals surface area contributed by atoms with Crippen molar-refractivity contribution >= 4 is 27.5 Å². The van der Waals surface area contributed by atoms with Crippen molar-refractivity contribution in [2.75, 3.05) is 0 Å². The number of benzene rings is 1. The van der Waals surface area contributed by atoms with Gasteiger partial charge < -0.3 is 14.0 Å². The van der Waals surface area contributed by atoms with Gasteiger partial charge in [-0.05, 0) is 43.2 Å². The minimum absolute atomic E-state index is 0.0127. The number of thiophene rings is 1. The molecule has 0 amide bonds. The summed E-state index contributed by atoms with van der Waals surface area (Å²) in [7, 11) is 0. The molecule has 32 heavy (non-hydrogen) atoms. The minimum Gasteiger partial charge on any atom is -0.485 e. The molecular weight excluding hydrogens is 439 g/mol. The smallest absolute Gasteiger partial charge is 0.349 e. The van der Waals surface area contributed by atoms with E-state index in [-0.39, 0.29) is 36.3 Å². The van der Waals surface area contributed by atoms with Crippen molar-refractivity contribution in [1.29, 1.82) is 0 Å². The molecule has 9 nitrogen and oxygen atoms in total. The lowest BCUT2D eigenvalue weighted by Gasteiger charge is -2.02. The highest BCUT2D eigenvalue weighted by Gasteiger charge is 2.24. The highest BCUT2D eigenvalue weighted by molar-refractivity contribution is 7.20. The van der Waals surface area contributed by atoms with Crippen LogP contribution >= 0.6 is 11.3 Å². The highest BCUT2D eigenvalue weighted by atomic mass is 32.1. The third-order valence-electron chi connectivity index (χ3n) is 5.12. The van der Waals surface area contributed by atoms with E-state index < -0.39 is 5.97 Å². The van der Waals surface area contributed by atoms with Crippen molar-refractivity contribution in [2.24, 2.45) is 0 Å². The van der Waals surface area contributed by atoms with Gasteiger partial charge in [-0.1, -0.05) is 5.16 Å². The fourth-order valence-corrected chi connectivity index (χ4v) is 4.63. The predicted molar refractivity (Wildman–Crippen MR) is 111 cm³/mol. The van der Waals surface area contributed by atoms with Crippen LogP contribution in [0, 0.1) is 12.7 Å². The van der Waals surface area contributed by atoms with Gasteiger partial charge in [0.1, 0.15) is 27.1 Å². The van der Waals surface area contributed by atoms with Gasteiger partial charge in [0, 0.05) is 13.0 Å². The van der Waals surface area contributed by atoms with Gasteiger partial charge in [0.25, 0.3) is 11.4 Å². The Balaban J connectivity index is 1.25. The van der Waals surface area contributed by atoms with Gasteiger partial charge >= 0.3 is 5.97 Å². The molecule has 4 heterocycles. The number of aryl methyl sites for hydroxylation is 2. The molecule has 1 aromatic carbocycles. The number of aromatic nitrogens is 4. The number of hydrogen-bond acceptors (Lipinski definition) is 9. The summed E-state index contributed by atoms with van der Waals surface area (Å²) < 4.78 is 30.4. The number of nitrogens with zero attached hydrogens (tertiary/aromatic N) is 4. The number of ether oxygens (including phenoxy) is 2. The van der Waals surface area contributed by atoms with E-state index in [0.717, 1.165) is 30.0 Å². The highest BCUT2D eigenvalue weighted by Crippen LogP contribution is 2.29. The molecule has 164 valence electrons. The van der Waals surface area contributed by atoms with Crippen LogP contribution in [0.4, 0.5) is 4.39 Å². The molecule has 3 aromatic heterocycles. The van der Waals surface area contributed by atoms with Crippen LogP contribution in [0.5, 0.6) is 5.75 Å². The van der Waals surface area contributed by atoms with Crippen molar-refractivity contribution in [2.45, 2.75) is 39.5 Å². The first-order valence-corrected chi connectivity index (χ1v) is 10.7. The molecule has 0 N–H and O–H groups in total. The number of halogens is 1. The molecule has 0 saturated carbocycles. The van der Waals surface area contributed by atoms with Gasteiger partial charge in [-0.15, -0.1) is 11.3 Å². The summed E-state index contributed by atoms with van der Waals surface area (Å²) in [6, 6.07) is 5.54. The average molecular weight is 456 g/mol. The van der Waals surface area contributed by atoms with E-state index in [0.29, 0.717) is 33.0 Å². The maximum Gasteiger partial charge on any atom is 0.349 e. The molecule has 0 bridgehead atoms. The zero-order chi connectivity index (χ0) is 22.2. The summed E-state index contributed by atoms with van der Waals surface area (Å²) in [4.78, 5) is 34.9. The lowest BCUT2D eigenvalue weighted by atomic mass is 10.2. The summed E-state index contributed by atoms with van der Waals surface area (Å²) in [5.74, 6) is 0.624. The van der Waals surface area contributed by atoms with Crippen LogP contribution in [-0.4, -0.2) is 25.7 Å². The number of rotatable bonds is 6. The van der Waals surface area contributed by atoms with Crippen LogP contribution in [0.25, 0.3) is 10.2 Å². The van der Waals surface area contributed by atoms with Crippen LogP contribution in [0.15, 0.2) is 33.6 Å². The molecule has 11 heteroatoms. The van der Waals surface area contributed by atoms with E-state index in [1.54, 1.807) is 11.5 Å². The van der Waals surface area contributed by atoms with E-state index >= 15 is 0 Å². The lowest BCUT2D eigenvalue weighted by Crippen LogP contribution is -2.20. The maximum atomic E-state index is 12.9. The van der Waals surface area contributed by atoms with E-state index in [1.807, 2.05) is 0 Å². The minimum atomic E-state index is -0.586. The van der Waals surface area contributed by atoms with Gasteiger partial charge in [-0.2, -0.15) is 4.98 Å². The Kier molecular flexibility index (Phi) is 5.17. The van der Waals surface area contributed by atoms with E-state index in [9.17, 15) is 14.0 Å². The SMILES string of the molecule is Cc1c(C(=O)OCc2nc(COc3ccc(F)cc3)no2)sc2nc3n(c(=O)c12)CCC3. The summed E-state index contributed by atoms with van der Waals surface area (Å²) in [6.07, 6.45) is 1.65. The number of carbonyl (C=O) groups excluding carboxylic acids is 1. The Morgan fingerprint density at radius 1 is 1.25 bits per heavy atom. The van der Waals surface area contributed by atoms with Crippen LogP contribution in [0.2, 0.25) is 0 Å². The largest absolute Gasteiger partial charge is 0.485 e. The molecule has 0 aliphatic carbocycles. The van der Waals surface area contributed by atoms with Crippen molar-refractivity contribution < 1.29 is 23.2 Å². The predicted octanol–water partition coefficient (Wildman–Crippen LogP) is 3.17. The molecule has 5 rings (SSSR count). The molecule has 4 aromatic rings. The first kappa shape index (κ1) is 20.3. The van der Waals surface area contributed by atoms with E-state index in [1.165, 1.54) is 24.3 Å². The first-order valence-electron chi connectivity index (χ1n) is 9.89. The van der Waals surface area contributed by atoms with Gasteiger partial charge in [0.05, 0.1) is 5.39 Å². The molecule has 1 aliphatic heterocycles. The topological polar surface area (TPSA) is 109 Å². The summed E-state index contributed by atoms with van der Waals surface area (Å²) in [5, 5.41) is 4.23. The second kappa shape index (κ2) is 8.15. The monoisotopic (exact) mass is 456 g/mol. The molecule has 0 atom stereocenters. The Morgan fingerprint density at radius 2 is 2.06 bits per heavy atom. The molecule has 0 fully saturated rings. The molecular formula is C21H17FN4O5S. The molecule has 0 saturated heterocycles. The van der Waals surface area contributed by atoms with Crippen molar-refractivity contribution in [3.63, 3.8) is 0 Å². The van der Waals surface area contributed by atoms with Crippen molar-refractivity contribution in [3.05, 3.63) is 68.4 Å². The third-order valence-corrected chi connectivity index (χ3v) is 6.28. The van der Waals surface area contributed by atoms with Gasteiger partial charge in [-0.25, -0.2) is 14.2 Å². The zero-order valence-electron chi connectivity index (χ0n) is 17.0. The normalized spacial score (nSPS) is 12.8. The summed E-state index contributed by atoms with van der Waals surface area (Å²) in [6.45, 7) is 2.16. The number of carbonyl (C=O) groups is 1. The Bertz CT molecular complexity index is 1380. The fourth-order valence-electron chi connectivity index (χ4n) is 3.55. The Hall–Kier alpha value is -3.60. The van der Waals surface area contributed by atoms with Crippen LogP contribution in [0.3, 0.4) is 0 Å². The van der Waals surface area contributed by atoms with Crippen LogP contribution in [-0.2, 0) is 30.9 Å². The molecule has 0 unspecified atom stereocenters. The van der Waals surface area contributed by atoms with Crippen molar-refractivity contribution in [3.8, 4) is 5.75 Å². The van der Waals surface area contributed by atoms with Gasteiger partial charge in [0.15, 0.2) is 13.2 Å². The molecule has 1 aliphatic rings. The molecule has 0 spiro atoms. The second-order valence-corrected chi connectivity index (χ2v) is 8.25. The third kappa shape index (κ3) is 3.75. The zero-order valence-corrected chi connectivity index (χ0v) is 17.8. The standard InChI is InChI=1S/C21H17FN4O5S/c1-11-17-19(24-15-3-2-8-26(15)20(17)27)32-18(11)21(28)30-10-16-23-14(25-31-16)9-29-13-6-4-12(22)5-7-13/h4-7H,2-3,8-10H2,1H3. The second-order valence-electron chi connectivity index (χ2n) is 7.25. The van der Waals surface area contributed by atoms with Crippen LogP contribution in [0.1, 0.15) is 39.2 Å². The maximum absolute atomic E-state index is 12.9. The fraction of sp³-hybridized carbons (Fsp3) is 0.286. The van der Waals surface area contributed by atoms with Gasteiger partial charge in [-0.3, -0.25) is 9.36 Å². The number of fused-ring (bicyclic) bond motifs is 2. The Morgan fingerprint density at radius 3 is 2.88 bits per heavy atom. The average Bonchev–Trinajstić information content (AvgIpc) is 3.51. The molecule has 0 radical (unpaired) electrons. The van der Waals surface area contributed by atoms with Crippen LogP contribution < -0.4 is 10.3 Å². The quantitative estimate of drug-likeness (QED) is 0.407. The lowest BCUT2D eigenvalue weighted by molar-refractivity contribution is 0.0435.